The second-order valence-electron chi connectivity index (χ2n) is 4.00. The fraction of sp³-hybridized carbons (Fsp3) is 0.308. The molecule has 0 bridgehead atoms. The molecule has 2 rings (SSSR count). The van der Waals surface area contributed by atoms with E-state index in [4.69, 9.17) is 11.6 Å². The van der Waals surface area contributed by atoms with E-state index in [0.717, 1.165) is 0 Å². The van der Waals surface area contributed by atoms with Gasteiger partial charge < -0.3 is 5.11 Å². The fourth-order valence-electron chi connectivity index (χ4n) is 1.92. The Hall–Kier alpha value is -1.39. The number of rotatable bonds is 4. The van der Waals surface area contributed by atoms with Crippen LogP contribution < -0.4 is 0 Å². The highest BCUT2D eigenvalue weighted by Crippen LogP contribution is 2.26. The number of aryl methyl sites for hydroxylation is 1. The average molecular weight is 269 g/mol. The number of hydrogen-bond acceptors (Lipinski definition) is 2. The van der Waals surface area contributed by atoms with Gasteiger partial charge in [-0.25, -0.2) is 4.39 Å². The monoisotopic (exact) mass is 268 g/mol. The van der Waals surface area contributed by atoms with Crippen molar-refractivity contribution in [1.29, 1.82) is 0 Å². The number of aliphatic hydroxyl groups excluding tert-OH is 1. The van der Waals surface area contributed by atoms with E-state index in [1.165, 1.54) is 12.3 Å². The summed E-state index contributed by atoms with van der Waals surface area (Å²) in [5, 5.41) is 14.6. The summed E-state index contributed by atoms with van der Waals surface area (Å²) in [6, 6.07) is 6.39. The van der Waals surface area contributed by atoms with Gasteiger partial charge in [-0.05, 0) is 18.6 Å². The van der Waals surface area contributed by atoms with Crippen molar-refractivity contribution in [3.63, 3.8) is 0 Å². The summed E-state index contributed by atoms with van der Waals surface area (Å²) in [6.07, 6.45) is 0.806. The van der Waals surface area contributed by atoms with E-state index in [2.05, 4.69) is 5.10 Å². The van der Waals surface area contributed by atoms with Crippen molar-refractivity contribution in [2.24, 2.45) is 0 Å². The maximum atomic E-state index is 13.5. The van der Waals surface area contributed by atoms with E-state index in [1.807, 2.05) is 6.92 Å². The first kappa shape index (κ1) is 13.1. The third-order valence-corrected chi connectivity index (χ3v) is 3.11. The van der Waals surface area contributed by atoms with E-state index in [9.17, 15) is 9.50 Å². The molecular weight excluding hydrogens is 255 g/mol. The van der Waals surface area contributed by atoms with E-state index in [1.54, 1.807) is 22.9 Å². The van der Waals surface area contributed by atoms with E-state index < -0.39 is 6.10 Å². The molecular formula is C13H14ClFN2O. The Morgan fingerprint density at radius 2 is 2.17 bits per heavy atom. The smallest absolute Gasteiger partial charge is 0.126 e. The zero-order chi connectivity index (χ0) is 13.1. The van der Waals surface area contributed by atoms with Gasteiger partial charge in [-0.15, -0.1) is 0 Å². The Labute approximate surface area is 110 Å². The van der Waals surface area contributed by atoms with Crippen molar-refractivity contribution in [3.05, 3.63) is 52.6 Å². The number of nitrogens with zero attached hydrogens (tertiary/aromatic N) is 2. The van der Waals surface area contributed by atoms with Gasteiger partial charge in [-0.3, -0.25) is 4.68 Å². The third-order valence-electron chi connectivity index (χ3n) is 2.82. The number of benzene rings is 1. The average Bonchev–Trinajstić information content (AvgIpc) is 2.73. The number of hydrogen-bond donors (Lipinski definition) is 1. The van der Waals surface area contributed by atoms with Gasteiger partial charge in [0.05, 0.1) is 16.9 Å². The molecule has 0 aliphatic heterocycles. The molecule has 1 aromatic heterocycles. The van der Waals surface area contributed by atoms with Gasteiger partial charge in [0.15, 0.2) is 0 Å². The summed E-state index contributed by atoms with van der Waals surface area (Å²) >= 11 is 5.99. The summed E-state index contributed by atoms with van der Waals surface area (Å²) in [5.41, 5.74) is 0.993. The molecule has 0 fully saturated rings. The normalized spacial score (nSPS) is 12.7. The molecule has 0 aliphatic carbocycles. The van der Waals surface area contributed by atoms with Crippen molar-refractivity contribution in [3.8, 4) is 0 Å². The molecule has 3 nitrogen and oxygen atoms in total. The van der Waals surface area contributed by atoms with Gasteiger partial charge in [0.1, 0.15) is 11.9 Å². The standard InChI is InChI=1S/C13H14ClFN2O/c1-2-17-13(10(14)8-16-17)12(18)7-9-5-3-4-6-11(9)15/h3-6,8,12,18H,2,7H2,1H3. The second kappa shape index (κ2) is 5.50. The lowest BCUT2D eigenvalue weighted by atomic mass is 10.1. The third kappa shape index (κ3) is 2.54. The molecule has 0 spiro atoms. The van der Waals surface area contributed by atoms with Crippen molar-refractivity contribution in [2.45, 2.75) is 26.0 Å². The van der Waals surface area contributed by atoms with Gasteiger partial charge in [0, 0.05) is 13.0 Å². The maximum absolute atomic E-state index is 13.5. The molecule has 0 saturated carbocycles. The van der Waals surface area contributed by atoms with Gasteiger partial charge >= 0.3 is 0 Å². The van der Waals surface area contributed by atoms with Gasteiger partial charge in [0.25, 0.3) is 0 Å². The molecule has 1 heterocycles. The van der Waals surface area contributed by atoms with Crippen molar-refractivity contribution >= 4 is 11.6 Å². The zero-order valence-corrected chi connectivity index (χ0v) is 10.7. The highest BCUT2D eigenvalue weighted by atomic mass is 35.5. The quantitative estimate of drug-likeness (QED) is 0.926. The maximum Gasteiger partial charge on any atom is 0.126 e. The van der Waals surface area contributed by atoms with Crippen LogP contribution in [0.3, 0.4) is 0 Å². The van der Waals surface area contributed by atoms with Crippen LogP contribution in [0.1, 0.15) is 24.3 Å². The molecule has 96 valence electrons. The number of aromatic nitrogens is 2. The fourth-order valence-corrected chi connectivity index (χ4v) is 2.19. The molecule has 1 unspecified atom stereocenters. The van der Waals surface area contributed by atoms with Gasteiger partial charge in [0.2, 0.25) is 0 Å². The topological polar surface area (TPSA) is 38.0 Å². The molecule has 1 atom stereocenters. The Morgan fingerprint density at radius 3 is 2.83 bits per heavy atom. The number of halogens is 2. The van der Waals surface area contributed by atoms with Crippen LogP contribution in [-0.2, 0) is 13.0 Å². The van der Waals surface area contributed by atoms with Crippen molar-refractivity contribution < 1.29 is 9.50 Å². The molecule has 18 heavy (non-hydrogen) atoms. The summed E-state index contributed by atoms with van der Waals surface area (Å²) in [4.78, 5) is 0. The zero-order valence-electron chi connectivity index (χ0n) is 9.98. The highest BCUT2D eigenvalue weighted by molar-refractivity contribution is 6.31. The Balaban J connectivity index is 2.24. The summed E-state index contributed by atoms with van der Waals surface area (Å²) in [6.45, 7) is 2.51. The van der Waals surface area contributed by atoms with Crippen LogP contribution in [0.2, 0.25) is 5.02 Å². The first-order chi connectivity index (χ1) is 8.63. The minimum absolute atomic E-state index is 0.179. The van der Waals surface area contributed by atoms with E-state index in [0.29, 0.717) is 22.8 Å². The van der Waals surface area contributed by atoms with Crippen LogP contribution in [-0.4, -0.2) is 14.9 Å². The first-order valence-corrected chi connectivity index (χ1v) is 6.14. The lowest BCUT2D eigenvalue weighted by molar-refractivity contribution is 0.166. The van der Waals surface area contributed by atoms with Crippen LogP contribution in [0.5, 0.6) is 0 Å². The molecule has 0 saturated heterocycles. The van der Waals surface area contributed by atoms with Crippen LogP contribution in [0.4, 0.5) is 4.39 Å². The van der Waals surface area contributed by atoms with E-state index in [-0.39, 0.29) is 12.2 Å². The van der Waals surface area contributed by atoms with Crippen LogP contribution in [0, 0.1) is 5.82 Å². The minimum atomic E-state index is -0.864. The summed E-state index contributed by atoms with van der Waals surface area (Å²) in [7, 11) is 0. The Bertz CT molecular complexity index is 542. The Kier molecular flexibility index (Phi) is 3.99. The van der Waals surface area contributed by atoms with E-state index >= 15 is 0 Å². The second-order valence-corrected chi connectivity index (χ2v) is 4.41. The molecule has 2 aromatic rings. The summed E-state index contributed by atoms with van der Waals surface area (Å²) in [5.74, 6) is -0.324. The molecule has 0 radical (unpaired) electrons. The SMILES string of the molecule is CCn1ncc(Cl)c1C(O)Cc1ccccc1F. The summed E-state index contributed by atoms with van der Waals surface area (Å²) < 4.78 is 15.1. The first-order valence-electron chi connectivity index (χ1n) is 5.76. The Morgan fingerprint density at radius 1 is 1.44 bits per heavy atom. The lowest BCUT2D eigenvalue weighted by Gasteiger charge is -2.13. The molecule has 0 amide bonds. The van der Waals surface area contributed by atoms with Crippen molar-refractivity contribution in [2.75, 3.05) is 0 Å². The minimum Gasteiger partial charge on any atom is -0.386 e. The highest BCUT2D eigenvalue weighted by Gasteiger charge is 2.19. The molecule has 0 aliphatic rings. The lowest BCUT2D eigenvalue weighted by Crippen LogP contribution is -2.11. The van der Waals surface area contributed by atoms with Crippen LogP contribution >= 0.6 is 11.6 Å². The van der Waals surface area contributed by atoms with Crippen LogP contribution in [0.25, 0.3) is 0 Å². The van der Waals surface area contributed by atoms with Crippen LogP contribution in [0.15, 0.2) is 30.5 Å². The predicted molar refractivity (Wildman–Crippen MR) is 68.0 cm³/mol. The van der Waals surface area contributed by atoms with Gasteiger partial charge in [-0.2, -0.15) is 5.10 Å². The molecule has 1 N–H and O–H groups in total. The molecule has 1 aromatic carbocycles. The predicted octanol–water partition coefficient (Wildman–Crippen LogP) is 2.97. The molecule has 5 heteroatoms. The number of aliphatic hydroxyl groups is 1. The van der Waals surface area contributed by atoms with Crippen molar-refractivity contribution in [1.82, 2.24) is 9.78 Å². The largest absolute Gasteiger partial charge is 0.386 e. The van der Waals surface area contributed by atoms with Gasteiger partial charge in [-0.1, -0.05) is 29.8 Å².